The summed E-state index contributed by atoms with van der Waals surface area (Å²) in [5.74, 6) is 0.0746. The third kappa shape index (κ3) is 3.28. The summed E-state index contributed by atoms with van der Waals surface area (Å²) in [5.41, 5.74) is 1.57. The van der Waals surface area contributed by atoms with Gasteiger partial charge in [0.25, 0.3) is 0 Å². The average molecular weight is 240 g/mol. The van der Waals surface area contributed by atoms with Crippen LogP contribution in [0.1, 0.15) is 34.9 Å². The molecule has 0 saturated heterocycles. The Kier molecular flexibility index (Phi) is 4.26. The van der Waals surface area contributed by atoms with Crippen LogP contribution in [0.4, 0.5) is 0 Å². The van der Waals surface area contributed by atoms with E-state index in [1.807, 2.05) is 48.5 Å². The van der Waals surface area contributed by atoms with Gasteiger partial charge in [0.2, 0.25) is 0 Å². The Balaban J connectivity index is 1.91. The van der Waals surface area contributed by atoms with Crippen LogP contribution in [-0.2, 0) is 0 Å². The SMILES string of the molecule is O=C(CC[C@H](O)c1ccccc1)c1ccccc1. The van der Waals surface area contributed by atoms with Crippen molar-refractivity contribution >= 4 is 5.78 Å². The first-order chi connectivity index (χ1) is 8.77. The summed E-state index contributed by atoms with van der Waals surface area (Å²) >= 11 is 0. The van der Waals surface area contributed by atoms with Gasteiger partial charge in [-0.3, -0.25) is 4.79 Å². The summed E-state index contributed by atoms with van der Waals surface area (Å²) in [6, 6.07) is 18.6. The number of carbonyl (C=O) groups is 1. The van der Waals surface area contributed by atoms with Gasteiger partial charge in [-0.2, -0.15) is 0 Å². The van der Waals surface area contributed by atoms with Gasteiger partial charge in [0.15, 0.2) is 5.78 Å². The second-order valence-corrected chi connectivity index (χ2v) is 4.25. The average Bonchev–Trinajstić information content (AvgIpc) is 2.46. The van der Waals surface area contributed by atoms with Crippen molar-refractivity contribution in [2.45, 2.75) is 18.9 Å². The summed E-state index contributed by atoms with van der Waals surface area (Å²) < 4.78 is 0. The molecule has 0 heterocycles. The van der Waals surface area contributed by atoms with Crippen LogP contribution in [0.2, 0.25) is 0 Å². The molecule has 2 aromatic rings. The first-order valence-electron chi connectivity index (χ1n) is 6.08. The molecule has 0 saturated carbocycles. The minimum atomic E-state index is -0.570. The Hall–Kier alpha value is -1.93. The molecule has 0 aliphatic carbocycles. The third-order valence-electron chi connectivity index (χ3n) is 2.92. The van der Waals surface area contributed by atoms with E-state index in [9.17, 15) is 9.90 Å². The topological polar surface area (TPSA) is 37.3 Å². The highest BCUT2D eigenvalue weighted by Gasteiger charge is 2.11. The van der Waals surface area contributed by atoms with Crippen LogP contribution >= 0.6 is 0 Å². The van der Waals surface area contributed by atoms with Gasteiger partial charge in [0.1, 0.15) is 0 Å². The molecule has 18 heavy (non-hydrogen) atoms. The molecule has 1 N–H and O–H groups in total. The van der Waals surface area contributed by atoms with E-state index in [-0.39, 0.29) is 5.78 Å². The minimum absolute atomic E-state index is 0.0746. The van der Waals surface area contributed by atoms with E-state index in [1.54, 1.807) is 12.1 Å². The molecule has 0 fully saturated rings. The molecule has 0 aliphatic heterocycles. The van der Waals surface area contributed by atoms with Gasteiger partial charge in [-0.25, -0.2) is 0 Å². The maximum absolute atomic E-state index is 11.9. The number of benzene rings is 2. The fourth-order valence-corrected chi connectivity index (χ4v) is 1.88. The van der Waals surface area contributed by atoms with Gasteiger partial charge in [-0.1, -0.05) is 60.7 Å². The van der Waals surface area contributed by atoms with E-state index < -0.39 is 6.10 Å². The lowest BCUT2D eigenvalue weighted by Crippen LogP contribution is -2.03. The second-order valence-electron chi connectivity index (χ2n) is 4.25. The van der Waals surface area contributed by atoms with Gasteiger partial charge < -0.3 is 5.11 Å². The van der Waals surface area contributed by atoms with Crippen LogP contribution in [-0.4, -0.2) is 10.9 Å². The summed E-state index contributed by atoms with van der Waals surface area (Å²) in [5, 5.41) is 9.96. The molecule has 0 bridgehead atoms. The molecule has 92 valence electrons. The number of hydrogen-bond acceptors (Lipinski definition) is 2. The lowest BCUT2D eigenvalue weighted by Gasteiger charge is -2.10. The molecule has 1 atom stereocenters. The molecule has 0 unspecified atom stereocenters. The van der Waals surface area contributed by atoms with Gasteiger partial charge in [-0.05, 0) is 12.0 Å². The zero-order chi connectivity index (χ0) is 12.8. The van der Waals surface area contributed by atoms with Crippen molar-refractivity contribution in [3.8, 4) is 0 Å². The predicted molar refractivity (Wildman–Crippen MR) is 71.4 cm³/mol. The molecule has 0 spiro atoms. The molecule has 2 nitrogen and oxygen atoms in total. The quantitative estimate of drug-likeness (QED) is 0.813. The van der Waals surface area contributed by atoms with Crippen LogP contribution in [0, 0.1) is 0 Å². The smallest absolute Gasteiger partial charge is 0.162 e. The highest BCUT2D eigenvalue weighted by molar-refractivity contribution is 5.95. The first-order valence-corrected chi connectivity index (χ1v) is 6.08. The predicted octanol–water partition coefficient (Wildman–Crippen LogP) is 3.38. The Morgan fingerprint density at radius 1 is 0.944 bits per heavy atom. The molecular weight excluding hydrogens is 224 g/mol. The number of aliphatic hydroxyl groups is 1. The number of carbonyl (C=O) groups excluding carboxylic acids is 1. The Bertz CT molecular complexity index is 491. The highest BCUT2D eigenvalue weighted by atomic mass is 16.3. The normalized spacial score (nSPS) is 12.1. The molecule has 0 radical (unpaired) electrons. The van der Waals surface area contributed by atoms with Crippen molar-refractivity contribution in [1.82, 2.24) is 0 Å². The van der Waals surface area contributed by atoms with Gasteiger partial charge >= 0.3 is 0 Å². The van der Waals surface area contributed by atoms with Gasteiger partial charge in [-0.15, -0.1) is 0 Å². The standard InChI is InChI=1S/C16H16O2/c17-15(13-7-3-1-4-8-13)11-12-16(18)14-9-5-2-6-10-14/h1-10,15,17H,11-12H2/t15-/m0/s1. The van der Waals surface area contributed by atoms with Crippen molar-refractivity contribution < 1.29 is 9.90 Å². The van der Waals surface area contributed by atoms with Crippen LogP contribution in [0.5, 0.6) is 0 Å². The van der Waals surface area contributed by atoms with E-state index in [2.05, 4.69) is 0 Å². The number of hydrogen-bond donors (Lipinski definition) is 1. The van der Waals surface area contributed by atoms with Crippen LogP contribution < -0.4 is 0 Å². The number of rotatable bonds is 5. The van der Waals surface area contributed by atoms with Gasteiger partial charge in [0.05, 0.1) is 6.10 Å². The molecule has 2 rings (SSSR count). The van der Waals surface area contributed by atoms with Crippen molar-refractivity contribution in [3.63, 3.8) is 0 Å². The molecular formula is C16H16O2. The van der Waals surface area contributed by atoms with Gasteiger partial charge in [0, 0.05) is 12.0 Å². The second kappa shape index (κ2) is 6.12. The molecule has 2 heteroatoms. The lowest BCUT2D eigenvalue weighted by molar-refractivity contribution is 0.0940. The van der Waals surface area contributed by atoms with Crippen molar-refractivity contribution in [2.75, 3.05) is 0 Å². The van der Waals surface area contributed by atoms with E-state index in [1.165, 1.54) is 0 Å². The van der Waals surface area contributed by atoms with E-state index in [0.29, 0.717) is 18.4 Å². The zero-order valence-corrected chi connectivity index (χ0v) is 10.1. The highest BCUT2D eigenvalue weighted by Crippen LogP contribution is 2.19. The van der Waals surface area contributed by atoms with Crippen molar-refractivity contribution in [2.24, 2.45) is 0 Å². The maximum Gasteiger partial charge on any atom is 0.162 e. The molecule has 0 aromatic heterocycles. The van der Waals surface area contributed by atoms with E-state index in [0.717, 1.165) is 5.56 Å². The van der Waals surface area contributed by atoms with E-state index >= 15 is 0 Å². The van der Waals surface area contributed by atoms with E-state index in [4.69, 9.17) is 0 Å². The minimum Gasteiger partial charge on any atom is -0.388 e. The lowest BCUT2D eigenvalue weighted by atomic mass is 10.0. The largest absolute Gasteiger partial charge is 0.388 e. The van der Waals surface area contributed by atoms with Crippen molar-refractivity contribution in [1.29, 1.82) is 0 Å². The number of ketones is 1. The number of aliphatic hydroxyl groups excluding tert-OH is 1. The fourth-order valence-electron chi connectivity index (χ4n) is 1.88. The molecule has 0 aliphatic rings. The summed E-state index contributed by atoms with van der Waals surface area (Å²) in [6.45, 7) is 0. The van der Waals surface area contributed by atoms with Crippen LogP contribution in [0.3, 0.4) is 0 Å². The zero-order valence-electron chi connectivity index (χ0n) is 10.1. The van der Waals surface area contributed by atoms with Crippen molar-refractivity contribution in [3.05, 3.63) is 71.8 Å². The molecule has 2 aromatic carbocycles. The summed E-state index contributed by atoms with van der Waals surface area (Å²) in [4.78, 5) is 11.9. The Labute approximate surface area is 107 Å². The third-order valence-corrected chi connectivity index (χ3v) is 2.92. The summed E-state index contributed by atoms with van der Waals surface area (Å²) in [6.07, 6.45) is 0.247. The first kappa shape index (κ1) is 12.5. The monoisotopic (exact) mass is 240 g/mol. The van der Waals surface area contributed by atoms with Crippen LogP contribution in [0.25, 0.3) is 0 Å². The number of Topliss-reactive ketones (excluding diaryl/α,β-unsaturated/α-hetero) is 1. The Morgan fingerprint density at radius 3 is 2.11 bits per heavy atom. The van der Waals surface area contributed by atoms with Crippen LogP contribution in [0.15, 0.2) is 60.7 Å². The summed E-state index contributed by atoms with van der Waals surface area (Å²) in [7, 11) is 0. The Morgan fingerprint density at radius 2 is 1.50 bits per heavy atom. The maximum atomic E-state index is 11.9. The fraction of sp³-hybridized carbons (Fsp3) is 0.188. The molecule has 0 amide bonds.